The van der Waals surface area contributed by atoms with Crippen LogP contribution < -0.4 is 4.90 Å². The van der Waals surface area contributed by atoms with Crippen LogP contribution in [0, 0.1) is 5.95 Å². The second-order valence-electron chi connectivity index (χ2n) is 5.67. The molecule has 3 heterocycles. The number of pyridine rings is 2. The summed E-state index contributed by atoms with van der Waals surface area (Å²) in [7, 11) is 0. The summed E-state index contributed by atoms with van der Waals surface area (Å²) < 4.78 is 13.3. The molecule has 1 atom stereocenters. The van der Waals surface area contributed by atoms with Crippen LogP contribution in [0.4, 0.5) is 10.2 Å². The molecule has 1 fully saturated rings. The number of rotatable bonds is 4. The average Bonchev–Trinajstić information content (AvgIpc) is 2.60. The van der Waals surface area contributed by atoms with E-state index in [0.717, 1.165) is 4.90 Å². The molecule has 0 aromatic carbocycles. The van der Waals surface area contributed by atoms with Crippen LogP contribution in [-0.2, 0) is 4.79 Å². The molecule has 7 heteroatoms. The summed E-state index contributed by atoms with van der Waals surface area (Å²) in [5.74, 6) is 0.679. The Morgan fingerprint density at radius 2 is 2.08 bits per heavy atom. The summed E-state index contributed by atoms with van der Waals surface area (Å²) in [5.41, 5.74) is 0. The molecule has 0 N–H and O–H groups in total. The van der Waals surface area contributed by atoms with Gasteiger partial charge in [0.2, 0.25) is 11.9 Å². The highest BCUT2D eigenvalue weighted by atomic mass is 32.2. The molecular weight excluding hydrogens is 327 g/mol. The van der Waals surface area contributed by atoms with Crippen LogP contribution >= 0.6 is 11.8 Å². The molecule has 0 saturated carbocycles. The highest BCUT2D eigenvalue weighted by molar-refractivity contribution is 8.00. The van der Waals surface area contributed by atoms with E-state index in [1.807, 2.05) is 28.9 Å². The third-order valence-corrected chi connectivity index (χ3v) is 4.98. The number of halogens is 1. The average molecular weight is 346 g/mol. The van der Waals surface area contributed by atoms with E-state index in [0.29, 0.717) is 31.2 Å². The van der Waals surface area contributed by atoms with Gasteiger partial charge in [-0.25, -0.2) is 4.98 Å². The van der Waals surface area contributed by atoms with Crippen molar-refractivity contribution in [2.75, 3.05) is 30.3 Å². The van der Waals surface area contributed by atoms with Crippen molar-refractivity contribution in [2.24, 2.45) is 0 Å². The number of nitrogens with zero attached hydrogens (tertiary/aromatic N) is 4. The Kier molecular flexibility index (Phi) is 5.30. The van der Waals surface area contributed by atoms with Crippen molar-refractivity contribution in [1.29, 1.82) is 0 Å². The number of aromatic nitrogens is 2. The molecule has 3 rings (SSSR count). The molecule has 2 aromatic heterocycles. The molecule has 5 nitrogen and oxygen atoms in total. The quantitative estimate of drug-likeness (QED) is 0.629. The maximum Gasteiger partial charge on any atom is 0.233 e. The van der Waals surface area contributed by atoms with Crippen LogP contribution in [0.5, 0.6) is 0 Å². The van der Waals surface area contributed by atoms with Crippen molar-refractivity contribution in [2.45, 2.75) is 17.9 Å². The van der Waals surface area contributed by atoms with Gasteiger partial charge in [-0.3, -0.25) is 9.78 Å². The standard InChI is InChI=1S/C17H19FN4OS/c1-13-11-21(17(23)12-24-14-5-7-19-8-6-14)9-10-22(13)16-4-2-3-15(18)20-16/h2-8,13H,9-12H2,1H3. The molecule has 1 aliphatic rings. The maximum absolute atomic E-state index is 13.3. The Bertz CT molecular complexity index is 700. The van der Waals surface area contributed by atoms with Gasteiger partial charge in [-0.05, 0) is 31.2 Å². The van der Waals surface area contributed by atoms with E-state index in [9.17, 15) is 9.18 Å². The normalized spacial score (nSPS) is 17.8. The van der Waals surface area contributed by atoms with E-state index in [4.69, 9.17) is 0 Å². The fraction of sp³-hybridized carbons (Fsp3) is 0.353. The predicted molar refractivity (Wildman–Crippen MR) is 92.5 cm³/mol. The summed E-state index contributed by atoms with van der Waals surface area (Å²) >= 11 is 1.52. The Labute approximate surface area is 144 Å². The molecule has 126 valence electrons. The highest BCUT2D eigenvalue weighted by Crippen LogP contribution is 2.21. The molecule has 1 saturated heterocycles. The number of amides is 1. The number of piperazine rings is 1. The summed E-state index contributed by atoms with van der Waals surface area (Å²) in [6, 6.07) is 8.69. The zero-order chi connectivity index (χ0) is 16.9. The van der Waals surface area contributed by atoms with E-state index >= 15 is 0 Å². The number of anilines is 1. The van der Waals surface area contributed by atoms with E-state index in [-0.39, 0.29) is 11.9 Å². The lowest BCUT2D eigenvalue weighted by Gasteiger charge is -2.40. The lowest BCUT2D eigenvalue weighted by molar-refractivity contribution is -0.129. The van der Waals surface area contributed by atoms with Gasteiger partial charge in [0, 0.05) is 43.0 Å². The lowest BCUT2D eigenvalue weighted by atomic mass is 10.2. The van der Waals surface area contributed by atoms with Gasteiger partial charge in [-0.2, -0.15) is 4.39 Å². The molecule has 0 aliphatic carbocycles. The van der Waals surface area contributed by atoms with Crippen LogP contribution in [0.1, 0.15) is 6.92 Å². The minimum atomic E-state index is -0.480. The van der Waals surface area contributed by atoms with Crippen LogP contribution in [0.2, 0.25) is 0 Å². The number of carbonyl (C=O) groups excluding carboxylic acids is 1. The molecule has 0 radical (unpaired) electrons. The second kappa shape index (κ2) is 7.61. The Morgan fingerprint density at radius 1 is 1.29 bits per heavy atom. The first-order chi connectivity index (χ1) is 11.6. The molecule has 2 aromatic rings. The first-order valence-corrected chi connectivity index (χ1v) is 8.82. The second-order valence-corrected chi connectivity index (χ2v) is 6.72. The molecule has 0 spiro atoms. The summed E-state index contributed by atoms with van der Waals surface area (Å²) in [4.78, 5) is 25.3. The molecule has 24 heavy (non-hydrogen) atoms. The largest absolute Gasteiger partial charge is 0.350 e. The van der Waals surface area contributed by atoms with E-state index in [1.165, 1.54) is 17.8 Å². The van der Waals surface area contributed by atoms with E-state index in [2.05, 4.69) is 9.97 Å². The SMILES string of the molecule is CC1CN(C(=O)CSc2ccncc2)CCN1c1cccc(F)n1. The molecule has 1 aliphatic heterocycles. The Morgan fingerprint density at radius 3 is 2.79 bits per heavy atom. The van der Waals surface area contributed by atoms with Gasteiger partial charge >= 0.3 is 0 Å². The van der Waals surface area contributed by atoms with Crippen LogP contribution in [0.3, 0.4) is 0 Å². The van der Waals surface area contributed by atoms with Gasteiger partial charge in [0.25, 0.3) is 0 Å². The van der Waals surface area contributed by atoms with Crippen LogP contribution in [-0.4, -0.2) is 52.2 Å². The van der Waals surface area contributed by atoms with Crippen molar-refractivity contribution < 1.29 is 9.18 Å². The van der Waals surface area contributed by atoms with Crippen molar-refractivity contribution in [1.82, 2.24) is 14.9 Å². The smallest absolute Gasteiger partial charge is 0.233 e. The van der Waals surface area contributed by atoms with Crippen molar-refractivity contribution in [3.05, 3.63) is 48.7 Å². The van der Waals surface area contributed by atoms with Gasteiger partial charge in [-0.15, -0.1) is 11.8 Å². The topological polar surface area (TPSA) is 49.3 Å². The van der Waals surface area contributed by atoms with Gasteiger partial charge in [0.1, 0.15) is 5.82 Å². The zero-order valence-corrected chi connectivity index (χ0v) is 14.2. The van der Waals surface area contributed by atoms with Gasteiger partial charge in [0.05, 0.1) is 5.75 Å². The first kappa shape index (κ1) is 16.7. The van der Waals surface area contributed by atoms with Gasteiger partial charge in [0.15, 0.2) is 0 Å². The minimum absolute atomic E-state index is 0.0999. The monoisotopic (exact) mass is 346 g/mol. The predicted octanol–water partition coefficient (Wildman–Crippen LogP) is 2.45. The van der Waals surface area contributed by atoms with E-state index in [1.54, 1.807) is 24.5 Å². The lowest BCUT2D eigenvalue weighted by Crippen LogP contribution is -2.54. The van der Waals surface area contributed by atoms with Crippen molar-refractivity contribution in [3.63, 3.8) is 0 Å². The molecule has 1 amide bonds. The number of hydrogen-bond donors (Lipinski definition) is 0. The number of carbonyl (C=O) groups is 1. The highest BCUT2D eigenvalue weighted by Gasteiger charge is 2.27. The fourth-order valence-corrected chi connectivity index (χ4v) is 3.54. The molecular formula is C17H19FN4OS. The fourth-order valence-electron chi connectivity index (χ4n) is 2.75. The summed E-state index contributed by atoms with van der Waals surface area (Å²) in [6.45, 7) is 3.93. The minimum Gasteiger partial charge on any atom is -0.350 e. The maximum atomic E-state index is 13.3. The number of hydrogen-bond acceptors (Lipinski definition) is 5. The van der Waals surface area contributed by atoms with Crippen molar-refractivity contribution >= 4 is 23.5 Å². The van der Waals surface area contributed by atoms with Crippen LogP contribution in [0.25, 0.3) is 0 Å². The Balaban J connectivity index is 1.56. The third kappa shape index (κ3) is 4.03. The van der Waals surface area contributed by atoms with Crippen LogP contribution in [0.15, 0.2) is 47.6 Å². The summed E-state index contributed by atoms with van der Waals surface area (Å²) in [5, 5.41) is 0. The molecule has 0 bridgehead atoms. The zero-order valence-electron chi connectivity index (χ0n) is 13.4. The van der Waals surface area contributed by atoms with Gasteiger partial charge in [-0.1, -0.05) is 6.07 Å². The Hall–Kier alpha value is -2.15. The third-order valence-electron chi connectivity index (χ3n) is 3.99. The van der Waals surface area contributed by atoms with Gasteiger partial charge < -0.3 is 9.80 Å². The number of thioether (sulfide) groups is 1. The first-order valence-electron chi connectivity index (χ1n) is 7.83. The molecule has 1 unspecified atom stereocenters. The summed E-state index contributed by atoms with van der Waals surface area (Å²) in [6.07, 6.45) is 3.44. The van der Waals surface area contributed by atoms with E-state index < -0.39 is 5.95 Å². The van der Waals surface area contributed by atoms with Crippen molar-refractivity contribution in [3.8, 4) is 0 Å².